The second-order valence-electron chi connectivity index (χ2n) is 4.27. The summed E-state index contributed by atoms with van der Waals surface area (Å²) in [5, 5.41) is 18.4. The minimum atomic E-state index is -1.04. The molecule has 1 heterocycles. The van der Waals surface area contributed by atoms with Gasteiger partial charge in [0, 0.05) is 15.2 Å². The molecule has 21 heavy (non-hydrogen) atoms. The van der Waals surface area contributed by atoms with Crippen LogP contribution in [0.25, 0.3) is 10.9 Å². The van der Waals surface area contributed by atoms with Gasteiger partial charge in [0.25, 0.3) is 0 Å². The number of carboxylic acid groups (broad SMARTS) is 1. The second-order valence-corrected chi connectivity index (χ2v) is 5.80. The molecule has 0 aliphatic heterocycles. The highest BCUT2D eigenvalue weighted by molar-refractivity contribution is 7.99. The van der Waals surface area contributed by atoms with Crippen LogP contribution < -0.4 is 0 Å². The molecule has 104 valence electrons. The predicted molar refractivity (Wildman–Crippen MR) is 82.1 cm³/mol. The smallest absolute Gasteiger partial charge is 0.337 e. The van der Waals surface area contributed by atoms with Gasteiger partial charge in [0.05, 0.1) is 22.3 Å². The van der Waals surface area contributed by atoms with Crippen LogP contribution in [0.1, 0.15) is 10.4 Å². The first-order valence-electron chi connectivity index (χ1n) is 6.06. The molecule has 1 aromatic heterocycles. The van der Waals surface area contributed by atoms with E-state index in [-0.39, 0.29) is 10.6 Å². The van der Waals surface area contributed by atoms with Crippen LogP contribution in [0.15, 0.2) is 58.5 Å². The summed E-state index contributed by atoms with van der Waals surface area (Å²) in [6, 6.07) is 12.6. The van der Waals surface area contributed by atoms with E-state index in [4.69, 9.17) is 16.7 Å². The van der Waals surface area contributed by atoms with Gasteiger partial charge >= 0.3 is 5.97 Å². The fraction of sp³-hybridized carbons (Fsp3) is 0. The highest BCUT2D eigenvalue weighted by atomic mass is 35.5. The van der Waals surface area contributed by atoms with Crippen molar-refractivity contribution in [3.8, 4) is 0 Å². The van der Waals surface area contributed by atoms with Gasteiger partial charge in [0.1, 0.15) is 0 Å². The third kappa shape index (κ3) is 2.84. The largest absolute Gasteiger partial charge is 0.478 e. The van der Waals surface area contributed by atoms with E-state index in [9.17, 15) is 4.79 Å². The van der Waals surface area contributed by atoms with Crippen LogP contribution in [0.4, 0.5) is 0 Å². The Labute approximate surface area is 129 Å². The summed E-state index contributed by atoms with van der Waals surface area (Å²) in [4.78, 5) is 12.8. The van der Waals surface area contributed by atoms with Crippen molar-refractivity contribution in [2.24, 2.45) is 0 Å². The number of halogens is 1. The maximum absolute atomic E-state index is 11.1. The monoisotopic (exact) mass is 316 g/mol. The first-order valence-corrected chi connectivity index (χ1v) is 7.26. The zero-order chi connectivity index (χ0) is 14.8. The molecule has 0 atom stereocenters. The molecule has 0 fully saturated rings. The lowest BCUT2D eigenvalue weighted by Gasteiger charge is -2.06. The number of nitrogens with zero attached hydrogens (tertiary/aromatic N) is 2. The summed E-state index contributed by atoms with van der Waals surface area (Å²) in [5.41, 5.74) is 0.892. The summed E-state index contributed by atoms with van der Waals surface area (Å²) in [6.45, 7) is 0. The number of fused-ring (bicyclic) bond motifs is 1. The summed E-state index contributed by atoms with van der Waals surface area (Å²) in [6.07, 6.45) is 1.67. The predicted octanol–water partition coefficient (Wildman–Crippen LogP) is 4.13. The van der Waals surface area contributed by atoms with E-state index in [1.807, 2.05) is 24.3 Å². The van der Waals surface area contributed by atoms with Crippen molar-refractivity contribution in [2.75, 3.05) is 0 Å². The van der Waals surface area contributed by atoms with Crippen LogP contribution in [0, 0.1) is 0 Å². The van der Waals surface area contributed by atoms with Crippen molar-refractivity contribution in [2.45, 2.75) is 9.79 Å². The summed E-state index contributed by atoms with van der Waals surface area (Å²) in [5.74, 6) is -1.04. The molecule has 0 radical (unpaired) electrons. The van der Waals surface area contributed by atoms with Crippen LogP contribution in [0.5, 0.6) is 0 Å². The molecule has 2 aromatic carbocycles. The van der Waals surface area contributed by atoms with E-state index >= 15 is 0 Å². The maximum Gasteiger partial charge on any atom is 0.337 e. The number of hydrogen-bond acceptors (Lipinski definition) is 4. The Bertz CT molecular complexity index is 834. The number of aromatic carboxylic acids is 1. The molecule has 0 saturated carbocycles. The van der Waals surface area contributed by atoms with Gasteiger partial charge in [-0.2, -0.15) is 10.2 Å². The van der Waals surface area contributed by atoms with E-state index in [0.29, 0.717) is 0 Å². The normalized spacial score (nSPS) is 10.7. The quantitative estimate of drug-likeness (QED) is 0.787. The molecule has 4 nitrogen and oxygen atoms in total. The van der Waals surface area contributed by atoms with E-state index in [2.05, 4.69) is 10.2 Å². The molecule has 0 unspecified atom stereocenters. The second kappa shape index (κ2) is 5.71. The number of hydrogen-bond donors (Lipinski definition) is 1. The van der Waals surface area contributed by atoms with Crippen LogP contribution in [-0.2, 0) is 0 Å². The van der Waals surface area contributed by atoms with Gasteiger partial charge in [-0.25, -0.2) is 4.79 Å². The highest BCUT2D eigenvalue weighted by Crippen LogP contribution is 2.33. The molecular formula is C15H9ClN2O2S. The highest BCUT2D eigenvalue weighted by Gasteiger charge is 2.11. The SMILES string of the molecule is O=C(O)c1cc(Sc2cnnc3ccccc23)ccc1Cl. The van der Waals surface area contributed by atoms with E-state index in [1.54, 1.807) is 24.4 Å². The Morgan fingerprint density at radius 3 is 2.81 bits per heavy atom. The molecular weight excluding hydrogens is 308 g/mol. The number of aromatic nitrogens is 2. The molecule has 1 N–H and O–H groups in total. The number of benzene rings is 2. The Morgan fingerprint density at radius 2 is 2.00 bits per heavy atom. The van der Waals surface area contributed by atoms with Gasteiger partial charge in [0.15, 0.2) is 0 Å². The fourth-order valence-corrected chi connectivity index (χ4v) is 3.07. The molecule has 3 rings (SSSR count). The van der Waals surface area contributed by atoms with E-state index < -0.39 is 5.97 Å². The fourth-order valence-electron chi connectivity index (χ4n) is 1.92. The van der Waals surface area contributed by atoms with Gasteiger partial charge in [-0.15, -0.1) is 0 Å². The minimum Gasteiger partial charge on any atom is -0.478 e. The number of carboxylic acids is 1. The maximum atomic E-state index is 11.1. The Kier molecular flexibility index (Phi) is 3.77. The lowest BCUT2D eigenvalue weighted by Crippen LogP contribution is -1.97. The van der Waals surface area contributed by atoms with Crippen molar-refractivity contribution >= 4 is 40.2 Å². The minimum absolute atomic E-state index is 0.0907. The van der Waals surface area contributed by atoms with Crippen molar-refractivity contribution in [1.29, 1.82) is 0 Å². The van der Waals surface area contributed by atoms with Gasteiger partial charge in [-0.05, 0) is 24.3 Å². The van der Waals surface area contributed by atoms with Gasteiger partial charge in [-0.1, -0.05) is 41.6 Å². The molecule has 0 bridgehead atoms. The zero-order valence-corrected chi connectivity index (χ0v) is 12.2. The van der Waals surface area contributed by atoms with Crippen molar-refractivity contribution in [3.63, 3.8) is 0 Å². The zero-order valence-electron chi connectivity index (χ0n) is 10.7. The Balaban J connectivity index is 2.03. The molecule has 0 aliphatic rings. The van der Waals surface area contributed by atoms with E-state index in [0.717, 1.165) is 20.7 Å². The third-order valence-electron chi connectivity index (χ3n) is 2.91. The Morgan fingerprint density at radius 1 is 1.19 bits per heavy atom. The average molecular weight is 317 g/mol. The molecule has 0 saturated heterocycles. The van der Waals surface area contributed by atoms with E-state index in [1.165, 1.54) is 11.8 Å². The number of carbonyl (C=O) groups is 1. The average Bonchev–Trinajstić information content (AvgIpc) is 2.49. The van der Waals surface area contributed by atoms with Gasteiger partial charge in [0.2, 0.25) is 0 Å². The van der Waals surface area contributed by atoms with Crippen molar-refractivity contribution < 1.29 is 9.90 Å². The van der Waals surface area contributed by atoms with Crippen LogP contribution >= 0.6 is 23.4 Å². The van der Waals surface area contributed by atoms with Crippen molar-refractivity contribution in [1.82, 2.24) is 10.2 Å². The van der Waals surface area contributed by atoms with Crippen LogP contribution in [0.3, 0.4) is 0 Å². The number of rotatable bonds is 3. The first-order chi connectivity index (χ1) is 10.1. The summed E-state index contributed by atoms with van der Waals surface area (Å²) in [7, 11) is 0. The first kappa shape index (κ1) is 13.9. The van der Waals surface area contributed by atoms with Gasteiger partial charge < -0.3 is 5.11 Å². The van der Waals surface area contributed by atoms with Crippen LogP contribution in [-0.4, -0.2) is 21.3 Å². The van der Waals surface area contributed by atoms with Crippen LogP contribution in [0.2, 0.25) is 5.02 Å². The van der Waals surface area contributed by atoms with Gasteiger partial charge in [-0.3, -0.25) is 0 Å². The topological polar surface area (TPSA) is 63.1 Å². The molecule has 6 heteroatoms. The Hall–Kier alpha value is -2.11. The standard InChI is InChI=1S/C15H9ClN2O2S/c16-12-6-5-9(7-11(12)15(19)20)21-14-8-17-18-13-4-2-1-3-10(13)14/h1-8H,(H,19,20). The molecule has 0 aliphatic carbocycles. The molecule has 0 amide bonds. The lowest BCUT2D eigenvalue weighted by molar-refractivity contribution is 0.0697. The summed E-state index contributed by atoms with van der Waals surface area (Å²) < 4.78 is 0. The van der Waals surface area contributed by atoms with Crippen molar-refractivity contribution in [3.05, 3.63) is 59.2 Å². The summed E-state index contributed by atoms with van der Waals surface area (Å²) >= 11 is 7.31. The lowest BCUT2D eigenvalue weighted by atomic mass is 10.2. The molecule has 0 spiro atoms. The third-order valence-corrected chi connectivity index (χ3v) is 4.27. The molecule has 3 aromatic rings.